The van der Waals surface area contributed by atoms with Crippen LogP contribution in [0.3, 0.4) is 0 Å². The number of fused-ring (bicyclic) bond motifs is 1. The second-order valence-electron chi connectivity index (χ2n) is 7.70. The monoisotopic (exact) mass is 417 g/mol. The van der Waals surface area contributed by atoms with E-state index >= 15 is 0 Å². The molecule has 4 heterocycles. The Balaban J connectivity index is 1.24. The minimum absolute atomic E-state index is 0.215. The number of hydrogen-bond donors (Lipinski definition) is 2. The zero-order valence-electron chi connectivity index (χ0n) is 17.4. The van der Waals surface area contributed by atoms with Crippen molar-refractivity contribution in [2.24, 2.45) is 0 Å². The predicted molar refractivity (Wildman–Crippen MR) is 118 cm³/mol. The minimum Gasteiger partial charge on any atom is -0.379 e. The first kappa shape index (κ1) is 19.1. The van der Waals surface area contributed by atoms with E-state index in [1.807, 2.05) is 55.2 Å². The van der Waals surface area contributed by atoms with Gasteiger partial charge in [-0.05, 0) is 24.6 Å². The molecule has 31 heavy (non-hydrogen) atoms. The summed E-state index contributed by atoms with van der Waals surface area (Å²) >= 11 is 0. The lowest BCUT2D eigenvalue weighted by Crippen LogP contribution is -2.55. The first-order valence-corrected chi connectivity index (χ1v) is 10.3. The van der Waals surface area contributed by atoms with Gasteiger partial charge >= 0.3 is 0 Å². The number of carbonyl (C=O) groups excluding carboxylic acids is 1. The molecule has 1 amide bonds. The van der Waals surface area contributed by atoms with E-state index in [4.69, 9.17) is 4.52 Å². The maximum atomic E-state index is 12.6. The summed E-state index contributed by atoms with van der Waals surface area (Å²) in [5.41, 5.74) is 4.68. The van der Waals surface area contributed by atoms with Crippen LogP contribution < -0.4 is 15.5 Å². The van der Waals surface area contributed by atoms with Gasteiger partial charge in [0.2, 0.25) is 0 Å². The molecule has 9 heteroatoms. The van der Waals surface area contributed by atoms with Gasteiger partial charge in [0.05, 0.1) is 24.1 Å². The second-order valence-corrected chi connectivity index (χ2v) is 7.70. The number of hydrogen-bond acceptors (Lipinski definition) is 7. The molecule has 158 valence electrons. The SMILES string of the molecule is CCc1cc(NC(=O)c2ccc(C)c(NC3CN(c4cnn5ccncc45)C3)c2)no1. The molecule has 1 fully saturated rings. The summed E-state index contributed by atoms with van der Waals surface area (Å²) in [6, 6.07) is 7.67. The smallest absolute Gasteiger partial charge is 0.256 e. The summed E-state index contributed by atoms with van der Waals surface area (Å²) < 4.78 is 6.97. The van der Waals surface area contributed by atoms with Crippen LogP contribution in [0.5, 0.6) is 0 Å². The van der Waals surface area contributed by atoms with E-state index in [1.165, 1.54) is 0 Å². The van der Waals surface area contributed by atoms with Crippen LogP contribution in [0.15, 0.2) is 53.6 Å². The average Bonchev–Trinajstić information content (AvgIpc) is 3.38. The topological polar surface area (TPSA) is 101 Å². The van der Waals surface area contributed by atoms with Crippen LogP contribution in [0.2, 0.25) is 0 Å². The van der Waals surface area contributed by atoms with Crippen LogP contribution in [0.25, 0.3) is 5.52 Å². The molecule has 0 atom stereocenters. The zero-order chi connectivity index (χ0) is 21.4. The van der Waals surface area contributed by atoms with Crippen LogP contribution in [0, 0.1) is 6.92 Å². The van der Waals surface area contributed by atoms with Gasteiger partial charge in [0.25, 0.3) is 5.91 Å². The zero-order valence-corrected chi connectivity index (χ0v) is 17.4. The Morgan fingerprint density at radius 1 is 1.26 bits per heavy atom. The minimum atomic E-state index is -0.215. The van der Waals surface area contributed by atoms with Gasteiger partial charge in [0.1, 0.15) is 11.3 Å². The number of nitrogens with one attached hydrogen (secondary N) is 2. The molecule has 1 saturated heterocycles. The normalized spacial score (nSPS) is 13.9. The Morgan fingerprint density at radius 3 is 2.94 bits per heavy atom. The molecular weight excluding hydrogens is 394 g/mol. The summed E-state index contributed by atoms with van der Waals surface area (Å²) in [4.78, 5) is 19.1. The van der Waals surface area contributed by atoms with Crippen LogP contribution in [-0.2, 0) is 6.42 Å². The Kier molecular flexibility index (Phi) is 4.78. The molecule has 0 saturated carbocycles. The molecule has 0 unspecified atom stereocenters. The standard InChI is InChI=1S/C22H23N7O2/c1-3-17-9-21(27-31-17)26-22(30)15-5-4-14(2)18(8-15)25-16-12-28(13-16)19-11-24-29-7-6-23-10-20(19)29/h4-11,16,25H,3,12-13H2,1-2H3,(H,26,27,30). The first-order chi connectivity index (χ1) is 15.1. The fraction of sp³-hybridized carbons (Fsp3) is 0.273. The van der Waals surface area contributed by atoms with Crippen molar-refractivity contribution in [3.05, 3.63) is 65.9 Å². The fourth-order valence-corrected chi connectivity index (χ4v) is 3.70. The maximum Gasteiger partial charge on any atom is 0.256 e. The molecule has 0 aliphatic carbocycles. The number of carbonyl (C=O) groups is 1. The van der Waals surface area contributed by atoms with Crippen molar-refractivity contribution in [2.75, 3.05) is 28.6 Å². The fourth-order valence-electron chi connectivity index (χ4n) is 3.70. The van der Waals surface area contributed by atoms with Crippen molar-refractivity contribution in [2.45, 2.75) is 26.3 Å². The van der Waals surface area contributed by atoms with E-state index in [9.17, 15) is 4.79 Å². The van der Waals surface area contributed by atoms with E-state index in [0.29, 0.717) is 11.4 Å². The lowest BCUT2D eigenvalue weighted by atomic mass is 10.0. The van der Waals surface area contributed by atoms with E-state index in [0.717, 1.165) is 47.7 Å². The van der Waals surface area contributed by atoms with Gasteiger partial charge in [0, 0.05) is 49.2 Å². The molecule has 1 aliphatic heterocycles. The third kappa shape index (κ3) is 3.70. The molecule has 3 aromatic heterocycles. The Bertz CT molecular complexity index is 1240. The number of aryl methyl sites for hydroxylation is 2. The van der Waals surface area contributed by atoms with Crippen LogP contribution in [0.1, 0.15) is 28.6 Å². The van der Waals surface area contributed by atoms with Crippen LogP contribution in [-0.4, -0.2) is 44.8 Å². The highest BCUT2D eigenvalue weighted by atomic mass is 16.5. The predicted octanol–water partition coefficient (Wildman–Crippen LogP) is 3.14. The molecule has 4 aromatic rings. The average molecular weight is 417 g/mol. The summed E-state index contributed by atoms with van der Waals surface area (Å²) in [7, 11) is 0. The van der Waals surface area contributed by atoms with Gasteiger partial charge in [0.15, 0.2) is 5.82 Å². The summed E-state index contributed by atoms with van der Waals surface area (Å²) in [5, 5.41) is 14.6. The molecule has 9 nitrogen and oxygen atoms in total. The molecule has 1 aromatic carbocycles. The van der Waals surface area contributed by atoms with Gasteiger partial charge in [-0.15, -0.1) is 0 Å². The lowest BCUT2D eigenvalue weighted by Gasteiger charge is -2.41. The van der Waals surface area contributed by atoms with Gasteiger partial charge in [-0.2, -0.15) is 5.10 Å². The molecule has 5 rings (SSSR count). The number of nitrogens with zero attached hydrogens (tertiary/aromatic N) is 5. The van der Waals surface area contributed by atoms with Crippen molar-refractivity contribution in [1.29, 1.82) is 0 Å². The maximum absolute atomic E-state index is 12.6. The van der Waals surface area contributed by atoms with Crippen molar-refractivity contribution in [1.82, 2.24) is 19.8 Å². The quantitative estimate of drug-likeness (QED) is 0.497. The van der Waals surface area contributed by atoms with E-state index in [-0.39, 0.29) is 11.9 Å². The molecular formula is C22H23N7O2. The molecule has 0 radical (unpaired) electrons. The highest BCUT2D eigenvalue weighted by Crippen LogP contribution is 2.28. The summed E-state index contributed by atoms with van der Waals surface area (Å²) in [6.07, 6.45) is 7.99. The number of benzene rings is 1. The van der Waals surface area contributed by atoms with Gasteiger partial charge in [-0.1, -0.05) is 18.1 Å². The highest BCUT2D eigenvalue weighted by molar-refractivity contribution is 6.04. The van der Waals surface area contributed by atoms with Crippen molar-refractivity contribution in [3.8, 4) is 0 Å². The number of anilines is 3. The Morgan fingerprint density at radius 2 is 2.13 bits per heavy atom. The van der Waals surface area contributed by atoms with Crippen molar-refractivity contribution in [3.63, 3.8) is 0 Å². The lowest BCUT2D eigenvalue weighted by molar-refractivity contribution is 0.102. The molecule has 1 aliphatic rings. The van der Waals surface area contributed by atoms with Crippen LogP contribution >= 0.6 is 0 Å². The third-order valence-electron chi connectivity index (χ3n) is 5.54. The Labute approximate surface area is 179 Å². The third-order valence-corrected chi connectivity index (χ3v) is 5.54. The summed E-state index contributed by atoms with van der Waals surface area (Å²) in [6.45, 7) is 5.70. The second kappa shape index (κ2) is 7.75. The van der Waals surface area contributed by atoms with Gasteiger partial charge in [-0.3, -0.25) is 9.78 Å². The molecule has 0 bridgehead atoms. The molecule has 0 spiro atoms. The van der Waals surface area contributed by atoms with Crippen molar-refractivity contribution < 1.29 is 9.32 Å². The van der Waals surface area contributed by atoms with Crippen LogP contribution in [0.4, 0.5) is 17.2 Å². The van der Waals surface area contributed by atoms with Crippen molar-refractivity contribution >= 4 is 28.6 Å². The van der Waals surface area contributed by atoms with E-state index < -0.39 is 0 Å². The molecule has 2 N–H and O–H groups in total. The van der Waals surface area contributed by atoms with E-state index in [2.05, 4.69) is 30.8 Å². The summed E-state index contributed by atoms with van der Waals surface area (Å²) in [5.74, 6) is 0.945. The number of aromatic nitrogens is 4. The van der Waals surface area contributed by atoms with Gasteiger partial charge in [-0.25, -0.2) is 4.52 Å². The largest absolute Gasteiger partial charge is 0.379 e. The van der Waals surface area contributed by atoms with Gasteiger partial charge < -0.3 is 20.1 Å². The highest BCUT2D eigenvalue weighted by Gasteiger charge is 2.29. The first-order valence-electron chi connectivity index (χ1n) is 10.3. The van der Waals surface area contributed by atoms with E-state index in [1.54, 1.807) is 12.3 Å². The number of rotatable bonds is 6. The Hall–Kier alpha value is -3.88. The number of amides is 1.